The molecule has 0 saturated carbocycles. The number of carbonyl (C=O) groups is 2. The van der Waals surface area contributed by atoms with Gasteiger partial charge >= 0.3 is 5.97 Å². The van der Waals surface area contributed by atoms with Gasteiger partial charge in [0.1, 0.15) is 16.8 Å². The van der Waals surface area contributed by atoms with Gasteiger partial charge in [-0.3, -0.25) is 9.59 Å². The van der Waals surface area contributed by atoms with E-state index in [0.717, 1.165) is 12.1 Å². The Labute approximate surface area is 215 Å². The summed E-state index contributed by atoms with van der Waals surface area (Å²) in [6.45, 7) is 6.17. The lowest BCUT2D eigenvalue weighted by atomic mass is 10.00. The molecule has 1 heterocycles. The molecule has 0 unspecified atom stereocenters. The summed E-state index contributed by atoms with van der Waals surface area (Å²) in [5.41, 5.74) is 14.9. The molecule has 0 saturated heterocycles. The maximum Gasteiger partial charge on any atom is 0.342 e. The minimum absolute atomic E-state index is 0.0964. The van der Waals surface area contributed by atoms with Crippen LogP contribution in [0.25, 0.3) is 22.6 Å². The third kappa shape index (κ3) is 6.17. The van der Waals surface area contributed by atoms with E-state index in [-0.39, 0.29) is 34.9 Å². The second-order valence-corrected chi connectivity index (χ2v) is 9.41. The number of aryl methyl sites for hydroxylation is 1. The molecule has 1 aliphatic heterocycles. The van der Waals surface area contributed by atoms with Crippen molar-refractivity contribution in [1.82, 2.24) is 14.8 Å². The zero-order chi connectivity index (χ0) is 27.3. The smallest absolute Gasteiger partial charge is 0.342 e. The molecule has 1 aliphatic carbocycles. The maximum absolute atomic E-state index is 13.1. The molecule has 0 fully saturated rings. The molecule has 4 N–H and O–H groups in total. The average Bonchev–Trinajstić information content (AvgIpc) is 2.85. The predicted molar refractivity (Wildman–Crippen MR) is 142 cm³/mol. The Morgan fingerprint density at radius 3 is 2.49 bits per heavy atom. The van der Waals surface area contributed by atoms with E-state index in [0.29, 0.717) is 61.4 Å². The van der Waals surface area contributed by atoms with Crippen molar-refractivity contribution in [3.63, 3.8) is 0 Å². The summed E-state index contributed by atoms with van der Waals surface area (Å²) in [4.78, 5) is 45.2. The molecule has 0 bridgehead atoms. The molecule has 1 aromatic carbocycles. The number of rotatable bonds is 12. The summed E-state index contributed by atoms with van der Waals surface area (Å²) in [7, 11) is 5.77. The lowest BCUT2D eigenvalue weighted by molar-refractivity contribution is -0.128. The first-order chi connectivity index (χ1) is 17.6. The predicted octanol–water partition coefficient (Wildman–Crippen LogP) is 2.18. The number of ether oxygens (including phenoxy) is 2. The summed E-state index contributed by atoms with van der Waals surface area (Å²) in [5.74, 6) is -0.549. The Bertz CT molecular complexity index is 1320. The van der Waals surface area contributed by atoms with Crippen LogP contribution in [0.3, 0.4) is 0 Å². The standard InChI is InChI=1S/C26H35N5O6/c1-15-18(27)12-17(13-31(5)9-7-10-35-14-32)21-24(15)37-25-16(2)23(33)20(28)19(22(25)29-21)26(34)36-11-6-8-30(3)4/h12,14H,6-11,13,27-28H2,1-5H3. The minimum atomic E-state index is -0.721. The molecule has 11 nitrogen and oxygen atoms in total. The van der Waals surface area contributed by atoms with E-state index >= 15 is 0 Å². The number of nitrogens with two attached hydrogens (primary N) is 2. The first-order valence-electron chi connectivity index (χ1n) is 12.1. The second-order valence-electron chi connectivity index (χ2n) is 9.41. The molecular formula is C26H35N5O6. The van der Waals surface area contributed by atoms with Gasteiger partial charge in [0.25, 0.3) is 6.47 Å². The Morgan fingerprint density at radius 2 is 1.81 bits per heavy atom. The number of hydrogen-bond acceptors (Lipinski definition) is 11. The van der Waals surface area contributed by atoms with Gasteiger partial charge in [-0.25, -0.2) is 9.78 Å². The van der Waals surface area contributed by atoms with Crippen molar-refractivity contribution in [1.29, 1.82) is 0 Å². The first kappa shape index (κ1) is 27.9. The Kier molecular flexibility index (Phi) is 9.06. The fourth-order valence-electron chi connectivity index (χ4n) is 4.13. The zero-order valence-electron chi connectivity index (χ0n) is 22.1. The largest absolute Gasteiger partial charge is 0.468 e. The van der Waals surface area contributed by atoms with Gasteiger partial charge in [-0.05, 0) is 59.5 Å². The minimum Gasteiger partial charge on any atom is -0.468 e. The van der Waals surface area contributed by atoms with Gasteiger partial charge in [-0.1, -0.05) is 0 Å². The van der Waals surface area contributed by atoms with Crippen LogP contribution in [0.4, 0.5) is 11.4 Å². The van der Waals surface area contributed by atoms with Gasteiger partial charge in [0.2, 0.25) is 5.43 Å². The maximum atomic E-state index is 13.1. The average molecular weight is 514 g/mol. The van der Waals surface area contributed by atoms with E-state index < -0.39 is 11.4 Å². The Morgan fingerprint density at radius 1 is 1.11 bits per heavy atom. The van der Waals surface area contributed by atoms with E-state index in [4.69, 9.17) is 30.3 Å². The lowest BCUT2D eigenvalue weighted by Gasteiger charge is -2.20. The number of carbonyl (C=O) groups excluding carboxylic acids is 2. The topological polar surface area (TPSA) is 154 Å². The third-order valence-corrected chi connectivity index (χ3v) is 6.19. The second kappa shape index (κ2) is 12.0. The molecule has 0 radical (unpaired) electrons. The van der Waals surface area contributed by atoms with Crippen LogP contribution in [0.1, 0.15) is 39.9 Å². The summed E-state index contributed by atoms with van der Waals surface area (Å²) in [6.07, 6.45) is 1.28. The molecule has 0 spiro atoms. The van der Waals surface area contributed by atoms with Crippen molar-refractivity contribution >= 4 is 34.9 Å². The quantitative estimate of drug-likeness (QED) is 0.120. The fraction of sp³-hybridized carbons (Fsp3) is 0.462. The van der Waals surface area contributed by atoms with Crippen molar-refractivity contribution < 1.29 is 23.5 Å². The van der Waals surface area contributed by atoms with Crippen LogP contribution in [0.5, 0.6) is 0 Å². The van der Waals surface area contributed by atoms with Crippen molar-refractivity contribution in [2.45, 2.75) is 33.2 Å². The molecule has 2 aliphatic rings. The molecule has 0 aromatic heterocycles. The summed E-state index contributed by atoms with van der Waals surface area (Å²) in [5, 5.41) is 0. The van der Waals surface area contributed by atoms with Gasteiger partial charge in [0, 0.05) is 36.4 Å². The van der Waals surface area contributed by atoms with Crippen LogP contribution in [0, 0.1) is 13.8 Å². The van der Waals surface area contributed by atoms with Crippen LogP contribution in [0.2, 0.25) is 0 Å². The highest BCUT2D eigenvalue weighted by molar-refractivity contribution is 6.03. The summed E-state index contributed by atoms with van der Waals surface area (Å²) in [6, 6.07) is 1.82. The van der Waals surface area contributed by atoms with Crippen LogP contribution in [0.15, 0.2) is 15.3 Å². The number of benzene rings is 2. The number of hydrogen-bond donors (Lipinski definition) is 2. The van der Waals surface area contributed by atoms with E-state index in [9.17, 15) is 14.4 Å². The SMILES string of the molecule is Cc1c2oc3c(C)c(N)cc(CN(C)CCCOC=O)c3nc-2c(C(=O)OCCCN(C)C)c(N)c1=O. The monoisotopic (exact) mass is 513 g/mol. The van der Waals surface area contributed by atoms with E-state index in [2.05, 4.69) is 0 Å². The highest BCUT2D eigenvalue weighted by Gasteiger charge is 2.29. The first-order valence-corrected chi connectivity index (χ1v) is 12.1. The summed E-state index contributed by atoms with van der Waals surface area (Å²) < 4.78 is 16.4. The van der Waals surface area contributed by atoms with E-state index in [1.54, 1.807) is 6.92 Å². The third-order valence-electron chi connectivity index (χ3n) is 6.19. The van der Waals surface area contributed by atoms with Gasteiger partial charge in [-0.2, -0.15) is 0 Å². The number of nitrogen functional groups attached to an aromatic ring is 2. The van der Waals surface area contributed by atoms with Gasteiger partial charge < -0.3 is 35.2 Å². The number of fused-ring (bicyclic) bond motifs is 2. The van der Waals surface area contributed by atoms with Crippen LogP contribution in [-0.2, 0) is 20.8 Å². The normalized spacial score (nSPS) is 11.5. The van der Waals surface area contributed by atoms with Crippen molar-refractivity contribution in [3.8, 4) is 11.5 Å². The highest BCUT2D eigenvalue weighted by atomic mass is 16.5. The molecule has 200 valence electrons. The van der Waals surface area contributed by atoms with E-state index in [1.807, 2.05) is 43.9 Å². The van der Waals surface area contributed by atoms with Gasteiger partial charge in [0.15, 0.2) is 11.3 Å². The number of nitrogens with zero attached hydrogens (tertiary/aromatic N) is 3. The number of anilines is 2. The summed E-state index contributed by atoms with van der Waals surface area (Å²) >= 11 is 0. The van der Waals surface area contributed by atoms with Crippen LogP contribution < -0.4 is 16.9 Å². The molecule has 3 rings (SSSR count). The van der Waals surface area contributed by atoms with Crippen molar-refractivity contribution in [3.05, 3.63) is 38.5 Å². The number of esters is 1. The van der Waals surface area contributed by atoms with Gasteiger partial charge in [-0.15, -0.1) is 0 Å². The Hall–Kier alpha value is -3.70. The van der Waals surface area contributed by atoms with Crippen molar-refractivity contribution in [2.75, 3.05) is 58.9 Å². The fourth-order valence-corrected chi connectivity index (χ4v) is 4.13. The van der Waals surface area contributed by atoms with Crippen LogP contribution in [-0.4, -0.2) is 74.7 Å². The number of aromatic nitrogens is 1. The highest BCUT2D eigenvalue weighted by Crippen LogP contribution is 2.36. The van der Waals surface area contributed by atoms with E-state index in [1.165, 1.54) is 0 Å². The van der Waals surface area contributed by atoms with Gasteiger partial charge in [0.05, 0.1) is 18.9 Å². The molecule has 11 heteroatoms. The Balaban J connectivity index is 2.10. The molecule has 0 atom stereocenters. The molecule has 37 heavy (non-hydrogen) atoms. The molecular weight excluding hydrogens is 478 g/mol. The van der Waals surface area contributed by atoms with Crippen LogP contribution >= 0.6 is 0 Å². The molecule has 0 amide bonds. The molecule has 1 aromatic rings. The van der Waals surface area contributed by atoms with Crippen molar-refractivity contribution in [2.24, 2.45) is 0 Å². The zero-order valence-corrected chi connectivity index (χ0v) is 22.1. The lowest BCUT2D eigenvalue weighted by Crippen LogP contribution is -2.23.